The number of oxazole rings is 1. The summed E-state index contributed by atoms with van der Waals surface area (Å²) >= 11 is 0. The molecule has 0 aliphatic carbocycles. The van der Waals surface area contributed by atoms with E-state index in [1.54, 1.807) is 0 Å². The number of furan rings is 1. The molecule has 0 saturated heterocycles. The Morgan fingerprint density at radius 1 is 0.382 bits per heavy atom. The van der Waals surface area contributed by atoms with E-state index in [9.17, 15) is 0 Å². The molecule has 0 N–H and O–H groups in total. The van der Waals surface area contributed by atoms with Crippen molar-refractivity contribution in [1.29, 1.82) is 0 Å². The maximum absolute atomic E-state index is 6.33. The van der Waals surface area contributed by atoms with Gasteiger partial charge in [-0.1, -0.05) is 127 Å². The molecule has 0 unspecified atom stereocenters. The Morgan fingerprint density at radius 2 is 1.02 bits per heavy atom. The van der Waals surface area contributed by atoms with Crippen LogP contribution >= 0.6 is 0 Å². The monoisotopic (exact) mass is 704 g/mol. The molecule has 0 bridgehead atoms. The van der Waals surface area contributed by atoms with Gasteiger partial charge in [0.1, 0.15) is 16.7 Å². The molecule has 0 amide bonds. The molecule has 55 heavy (non-hydrogen) atoms. The van der Waals surface area contributed by atoms with Crippen molar-refractivity contribution >= 4 is 71.6 Å². The number of benzene rings is 9. The predicted octanol–water partition coefficient (Wildman–Crippen LogP) is 14.5. The first kappa shape index (κ1) is 31.1. The van der Waals surface area contributed by atoms with Crippen molar-refractivity contribution in [2.75, 3.05) is 4.90 Å². The Hall–Kier alpha value is -7.43. The van der Waals surface area contributed by atoms with E-state index in [4.69, 9.17) is 13.8 Å². The third-order valence-electron chi connectivity index (χ3n) is 10.7. The van der Waals surface area contributed by atoms with Crippen molar-refractivity contribution < 1.29 is 8.83 Å². The second-order valence-electron chi connectivity index (χ2n) is 13.9. The van der Waals surface area contributed by atoms with Crippen LogP contribution in [0.1, 0.15) is 0 Å². The van der Waals surface area contributed by atoms with Gasteiger partial charge in [-0.15, -0.1) is 0 Å². The lowest BCUT2D eigenvalue weighted by Gasteiger charge is -2.28. The third-order valence-corrected chi connectivity index (χ3v) is 10.7. The van der Waals surface area contributed by atoms with E-state index in [0.29, 0.717) is 5.89 Å². The average molecular weight is 705 g/mol. The summed E-state index contributed by atoms with van der Waals surface area (Å²) in [5.41, 5.74) is 11.9. The van der Waals surface area contributed by atoms with Gasteiger partial charge in [-0.2, -0.15) is 0 Å². The van der Waals surface area contributed by atoms with E-state index in [2.05, 4.69) is 157 Å². The molecule has 0 aliphatic heterocycles. The topological polar surface area (TPSA) is 42.4 Å². The van der Waals surface area contributed by atoms with Crippen molar-refractivity contribution in [2.24, 2.45) is 0 Å². The van der Waals surface area contributed by atoms with Crippen molar-refractivity contribution in [3.8, 4) is 33.7 Å². The molecule has 0 atom stereocenters. The summed E-state index contributed by atoms with van der Waals surface area (Å²) in [4.78, 5) is 7.34. The first-order chi connectivity index (χ1) is 27.2. The Kier molecular flexibility index (Phi) is 7.14. The zero-order valence-electron chi connectivity index (χ0n) is 29.7. The molecule has 0 fully saturated rings. The Bertz CT molecular complexity index is 3200. The molecule has 0 spiro atoms. The van der Waals surface area contributed by atoms with Crippen LogP contribution in [-0.4, -0.2) is 4.98 Å². The molecular weight excluding hydrogens is 673 g/mol. The van der Waals surface area contributed by atoms with Crippen LogP contribution in [-0.2, 0) is 0 Å². The summed E-state index contributed by atoms with van der Waals surface area (Å²) in [5, 5.41) is 6.90. The van der Waals surface area contributed by atoms with Gasteiger partial charge < -0.3 is 13.7 Å². The molecular formula is C51H32N2O2. The minimum absolute atomic E-state index is 0.599. The maximum atomic E-state index is 6.33. The van der Waals surface area contributed by atoms with Crippen LogP contribution in [0.3, 0.4) is 0 Å². The molecule has 4 heteroatoms. The molecule has 9 aromatic carbocycles. The number of rotatable bonds is 6. The summed E-state index contributed by atoms with van der Waals surface area (Å²) in [6.07, 6.45) is 0. The van der Waals surface area contributed by atoms with E-state index in [-0.39, 0.29) is 0 Å². The molecule has 11 aromatic rings. The number of aromatic nitrogens is 1. The number of fused-ring (bicyclic) bond motifs is 8. The largest absolute Gasteiger partial charge is 0.456 e. The summed E-state index contributed by atoms with van der Waals surface area (Å²) in [6, 6.07) is 68.4. The van der Waals surface area contributed by atoms with E-state index < -0.39 is 0 Å². The molecule has 0 radical (unpaired) electrons. The normalized spacial score (nSPS) is 11.6. The van der Waals surface area contributed by atoms with Crippen LogP contribution in [0.25, 0.3) is 88.3 Å². The Labute approximate surface area is 317 Å². The fourth-order valence-electron chi connectivity index (χ4n) is 8.03. The van der Waals surface area contributed by atoms with Gasteiger partial charge in [0.25, 0.3) is 0 Å². The van der Waals surface area contributed by atoms with Crippen molar-refractivity contribution in [2.45, 2.75) is 0 Å². The fraction of sp³-hybridized carbons (Fsp3) is 0. The number of hydrogen-bond donors (Lipinski definition) is 0. The SMILES string of the molecule is c1ccc(-c2nc3c(ccc4oc5ccc(-c6ccc(N(c7ccc8ccc9ccccc9c8c7)c7ccccc7-c7ccccc7)cc6)cc5c43)o2)cc1. The average Bonchev–Trinajstić information content (AvgIpc) is 3.86. The highest BCUT2D eigenvalue weighted by molar-refractivity contribution is 6.17. The smallest absolute Gasteiger partial charge is 0.227 e. The first-order valence-corrected chi connectivity index (χ1v) is 18.5. The van der Waals surface area contributed by atoms with Crippen molar-refractivity contribution in [1.82, 2.24) is 4.98 Å². The van der Waals surface area contributed by atoms with E-state index in [1.807, 2.05) is 42.5 Å². The van der Waals surface area contributed by atoms with Crippen LogP contribution in [0.15, 0.2) is 203 Å². The molecule has 11 rings (SSSR count). The Balaban J connectivity index is 1.05. The first-order valence-electron chi connectivity index (χ1n) is 18.5. The quantitative estimate of drug-likeness (QED) is 0.162. The van der Waals surface area contributed by atoms with Gasteiger partial charge in [0.15, 0.2) is 5.58 Å². The standard InChI is InChI=1S/C51H32N2O2/c1-3-11-34(12-4-1)42-17-9-10-18-45(42)53(40-27-23-36-20-19-35-13-7-8-16-41(35)43(36)32-40)39-25-21-33(22-26-39)38-24-28-46-44(31-38)49-47(54-46)29-30-48-50(49)52-51(55-48)37-14-5-2-6-15-37/h1-32H. The van der Waals surface area contributed by atoms with Gasteiger partial charge in [-0.05, 0) is 105 Å². The zero-order valence-corrected chi connectivity index (χ0v) is 29.7. The molecule has 258 valence electrons. The van der Waals surface area contributed by atoms with Crippen molar-refractivity contribution in [3.05, 3.63) is 194 Å². The summed E-state index contributed by atoms with van der Waals surface area (Å²) in [6.45, 7) is 0. The lowest BCUT2D eigenvalue weighted by atomic mass is 9.98. The number of nitrogens with zero attached hydrogens (tertiary/aromatic N) is 2. The molecule has 0 aliphatic rings. The van der Waals surface area contributed by atoms with Crippen LogP contribution in [0.5, 0.6) is 0 Å². The van der Waals surface area contributed by atoms with Crippen molar-refractivity contribution in [3.63, 3.8) is 0 Å². The second kappa shape index (κ2) is 12.6. The van der Waals surface area contributed by atoms with Gasteiger partial charge in [0.05, 0.1) is 11.1 Å². The highest BCUT2D eigenvalue weighted by Gasteiger charge is 2.20. The highest BCUT2D eigenvalue weighted by Crippen LogP contribution is 2.43. The summed E-state index contributed by atoms with van der Waals surface area (Å²) in [7, 11) is 0. The number of anilines is 3. The van der Waals surface area contributed by atoms with Crippen LogP contribution in [0, 0.1) is 0 Å². The highest BCUT2D eigenvalue weighted by atomic mass is 16.4. The van der Waals surface area contributed by atoms with Gasteiger partial charge >= 0.3 is 0 Å². The van der Waals surface area contributed by atoms with Gasteiger partial charge in [0.2, 0.25) is 5.89 Å². The van der Waals surface area contributed by atoms with E-state index in [1.165, 1.54) is 27.1 Å². The fourth-order valence-corrected chi connectivity index (χ4v) is 8.03. The van der Waals surface area contributed by atoms with Crippen LogP contribution < -0.4 is 4.90 Å². The zero-order chi connectivity index (χ0) is 36.3. The number of hydrogen-bond acceptors (Lipinski definition) is 4. The van der Waals surface area contributed by atoms with Gasteiger partial charge in [-0.3, -0.25) is 0 Å². The predicted molar refractivity (Wildman–Crippen MR) is 227 cm³/mol. The molecule has 0 saturated carbocycles. The van der Waals surface area contributed by atoms with Gasteiger partial charge in [-0.25, -0.2) is 4.98 Å². The van der Waals surface area contributed by atoms with Crippen LogP contribution in [0.2, 0.25) is 0 Å². The molecule has 2 aromatic heterocycles. The molecule has 2 heterocycles. The van der Waals surface area contributed by atoms with E-state index >= 15 is 0 Å². The number of para-hydroxylation sites is 1. The lowest BCUT2D eigenvalue weighted by Crippen LogP contribution is -2.11. The maximum Gasteiger partial charge on any atom is 0.227 e. The minimum atomic E-state index is 0.599. The third kappa shape index (κ3) is 5.26. The second-order valence-corrected chi connectivity index (χ2v) is 13.9. The minimum Gasteiger partial charge on any atom is -0.456 e. The Morgan fingerprint density at radius 3 is 1.85 bits per heavy atom. The summed E-state index contributed by atoms with van der Waals surface area (Å²) in [5.74, 6) is 0.599. The summed E-state index contributed by atoms with van der Waals surface area (Å²) < 4.78 is 12.6. The molecule has 4 nitrogen and oxygen atoms in total. The van der Waals surface area contributed by atoms with Gasteiger partial charge in [0, 0.05) is 27.9 Å². The van der Waals surface area contributed by atoms with E-state index in [0.717, 1.165) is 72.4 Å². The lowest BCUT2D eigenvalue weighted by molar-refractivity contribution is 0.619. The van der Waals surface area contributed by atoms with Crippen LogP contribution in [0.4, 0.5) is 17.1 Å².